The minimum absolute atomic E-state index is 0.0416. The van der Waals surface area contributed by atoms with Crippen molar-refractivity contribution >= 4 is 5.91 Å². The quantitative estimate of drug-likeness (QED) is 0.847. The van der Waals surface area contributed by atoms with E-state index in [4.69, 9.17) is 4.74 Å². The molecule has 118 valence electrons. The van der Waals surface area contributed by atoms with Gasteiger partial charge in [-0.05, 0) is 13.8 Å². The molecular weight excluding hydrogens is 282 g/mol. The first-order valence-corrected chi connectivity index (χ1v) is 7.34. The molecule has 0 spiro atoms. The third kappa shape index (κ3) is 2.41. The number of methoxy groups -OCH3 is 1. The third-order valence-corrected chi connectivity index (χ3v) is 4.26. The van der Waals surface area contributed by atoms with Gasteiger partial charge in [-0.1, -0.05) is 0 Å². The Bertz CT molecular complexity index is 703. The number of aromatic nitrogens is 4. The first-order chi connectivity index (χ1) is 10.5. The Hall–Kier alpha value is -2.15. The highest BCUT2D eigenvalue weighted by Crippen LogP contribution is 2.23. The summed E-state index contributed by atoms with van der Waals surface area (Å²) < 4.78 is 9.27. The van der Waals surface area contributed by atoms with Crippen LogP contribution in [0.2, 0.25) is 0 Å². The second-order valence-electron chi connectivity index (χ2n) is 5.67. The maximum atomic E-state index is 12.8. The van der Waals surface area contributed by atoms with Crippen molar-refractivity contribution < 1.29 is 9.53 Å². The van der Waals surface area contributed by atoms with E-state index >= 15 is 0 Å². The van der Waals surface area contributed by atoms with Crippen molar-refractivity contribution in [3.8, 4) is 0 Å². The molecule has 1 atom stereocenters. The van der Waals surface area contributed by atoms with Gasteiger partial charge in [0.05, 0.1) is 18.4 Å². The molecule has 3 heterocycles. The number of rotatable bonds is 3. The molecule has 0 aromatic carbocycles. The van der Waals surface area contributed by atoms with Gasteiger partial charge in [-0.3, -0.25) is 9.48 Å². The number of hydrogen-bond acceptors (Lipinski definition) is 4. The van der Waals surface area contributed by atoms with Gasteiger partial charge in [0.15, 0.2) is 6.10 Å². The van der Waals surface area contributed by atoms with Crippen LogP contribution in [0.4, 0.5) is 0 Å². The van der Waals surface area contributed by atoms with Crippen LogP contribution in [-0.4, -0.2) is 43.8 Å². The van der Waals surface area contributed by atoms with Crippen molar-refractivity contribution in [2.45, 2.75) is 33.0 Å². The van der Waals surface area contributed by atoms with Crippen molar-refractivity contribution in [3.05, 3.63) is 35.2 Å². The normalized spacial score (nSPS) is 15.7. The summed E-state index contributed by atoms with van der Waals surface area (Å²) in [4.78, 5) is 19.1. The van der Waals surface area contributed by atoms with Gasteiger partial charge in [-0.15, -0.1) is 0 Å². The molecule has 7 heteroatoms. The monoisotopic (exact) mass is 303 g/mol. The number of imidazole rings is 1. The van der Waals surface area contributed by atoms with Crippen LogP contribution >= 0.6 is 0 Å². The Balaban J connectivity index is 1.81. The summed E-state index contributed by atoms with van der Waals surface area (Å²) in [6.07, 6.45) is 2.87. The lowest BCUT2D eigenvalue weighted by Crippen LogP contribution is -2.41. The Morgan fingerprint density at radius 1 is 1.36 bits per heavy atom. The first-order valence-electron chi connectivity index (χ1n) is 7.34. The number of carbonyl (C=O) groups excluding carboxylic acids is 1. The van der Waals surface area contributed by atoms with E-state index in [0.717, 1.165) is 23.6 Å². The average molecular weight is 303 g/mol. The molecule has 0 fully saturated rings. The minimum Gasteiger partial charge on any atom is -0.367 e. The largest absolute Gasteiger partial charge is 0.367 e. The number of aryl methyl sites for hydroxylation is 2. The topological polar surface area (TPSA) is 65.2 Å². The lowest BCUT2D eigenvalue weighted by Gasteiger charge is -2.30. The number of ether oxygens (including phenoxy) is 1. The SMILES string of the molecule is COC(C(=O)N1CCn2c(nc(C)c2C)C1)c1cnn(C)c1. The lowest BCUT2D eigenvalue weighted by molar-refractivity contribution is -0.144. The predicted octanol–water partition coefficient (Wildman–Crippen LogP) is 0.963. The van der Waals surface area contributed by atoms with Crippen molar-refractivity contribution in [1.29, 1.82) is 0 Å². The molecule has 0 radical (unpaired) electrons. The Labute approximate surface area is 129 Å². The molecule has 2 aromatic heterocycles. The minimum atomic E-state index is -0.614. The van der Waals surface area contributed by atoms with E-state index < -0.39 is 6.10 Å². The molecule has 22 heavy (non-hydrogen) atoms. The van der Waals surface area contributed by atoms with Crippen LogP contribution in [-0.2, 0) is 29.7 Å². The zero-order valence-electron chi connectivity index (χ0n) is 13.4. The van der Waals surface area contributed by atoms with Gasteiger partial charge >= 0.3 is 0 Å². The highest BCUT2D eigenvalue weighted by atomic mass is 16.5. The third-order valence-electron chi connectivity index (χ3n) is 4.26. The number of hydrogen-bond donors (Lipinski definition) is 0. The summed E-state index contributed by atoms with van der Waals surface area (Å²) in [7, 11) is 3.37. The summed E-state index contributed by atoms with van der Waals surface area (Å²) in [5, 5.41) is 4.11. The molecule has 1 amide bonds. The average Bonchev–Trinajstić information content (AvgIpc) is 3.04. The Morgan fingerprint density at radius 3 is 2.77 bits per heavy atom. The lowest BCUT2D eigenvalue weighted by atomic mass is 10.1. The van der Waals surface area contributed by atoms with Gasteiger partial charge in [0, 0.05) is 44.7 Å². The van der Waals surface area contributed by atoms with E-state index in [0.29, 0.717) is 13.1 Å². The van der Waals surface area contributed by atoms with Crippen LogP contribution in [0.3, 0.4) is 0 Å². The zero-order valence-corrected chi connectivity index (χ0v) is 13.4. The van der Waals surface area contributed by atoms with Crippen LogP contribution in [0.15, 0.2) is 12.4 Å². The van der Waals surface area contributed by atoms with E-state index in [-0.39, 0.29) is 5.91 Å². The van der Waals surface area contributed by atoms with E-state index in [1.807, 2.05) is 25.1 Å². The van der Waals surface area contributed by atoms with Crippen LogP contribution in [0, 0.1) is 13.8 Å². The van der Waals surface area contributed by atoms with E-state index in [2.05, 4.69) is 21.6 Å². The summed E-state index contributed by atoms with van der Waals surface area (Å²) in [6, 6.07) is 0. The van der Waals surface area contributed by atoms with Crippen LogP contribution in [0.25, 0.3) is 0 Å². The van der Waals surface area contributed by atoms with E-state index in [1.165, 1.54) is 5.69 Å². The molecule has 1 unspecified atom stereocenters. The van der Waals surface area contributed by atoms with Crippen LogP contribution in [0.1, 0.15) is 28.9 Å². The summed E-state index contributed by atoms with van der Waals surface area (Å²) in [5.74, 6) is 0.899. The highest BCUT2D eigenvalue weighted by molar-refractivity contribution is 5.82. The zero-order chi connectivity index (χ0) is 15.9. The fourth-order valence-corrected chi connectivity index (χ4v) is 2.92. The van der Waals surface area contributed by atoms with Gasteiger partial charge in [-0.2, -0.15) is 5.10 Å². The molecule has 1 aliphatic rings. The highest BCUT2D eigenvalue weighted by Gasteiger charge is 2.30. The summed E-state index contributed by atoms with van der Waals surface area (Å²) in [5.41, 5.74) is 2.98. The summed E-state index contributed by atoms with van der Waals surface area (Å²) >= 11 is 0. The van der Waals surface area contributed by atoms with Crippen molar-refractivity contribution in [2.24, 2.45) is 7.05 Å². The first kappa shape index (κ1) is 14.8. The molecule has 3 rings (SSSR count). The fraction of sp³-hybridized carbons (Fsp3) is 0.533. The maximum Gasteiger partial charge on any atom is 0.256 e. The van der Waals surface area contributed by atoms with Gasteiger partial charge in [0.2, 0.25) is 0 Å². The van der Waals surface area contributed by atoms with E-state index in [1.54, 1.807) is 18.0 Å². The standard InChI is InChI=1S/C15H21N5O2/c1-10-11(2)20-6-5-19(9-13(20)17-10)15(21)14(22-4)12-7-16-18(3)8-12/h7-8,14H,5-6,9H2,1-4H3. The molecule has 7 nitrogen and oxygen atoms in total. The van der Waals surface area contributed by atoms with Gasteiger partial charge in [0.25, 0.3) is 5.91 Å². The number of nitrogens with zero attached hydrogens (tertiary/aromatic N) is 5. The fourth-order valence-electron chi connectivity index (χ4n) is 2.92. The molecule has 0 bridgehead atoms. The number of amides is 1. The van der Waals surface area contributed by atoms with E-state index in [9.17, 15) is 4.79 Å². The number of carbonyl (C=O) groups is 1. The maximum absolute atomic E-state index is 12.8. The van der Waals surface area contributed by atoms with Gasteiger partial charge in [0.1, 0.15) is 5.82 Å². The van der Waals surface area contributed by atoms with Gasteiger partial charge < -0.3 is 14.2 Å². The number of fused-ring (bicyclic) bond motifs is 1. The predicted molar refractivity (Wildman–Crippen MR) is 80.1 cm³/mol. The molecule has 0 saturated heterocycles. The smallest absolute Gasteiger partial charge is 0.256 e. The molecule has 0 saturated carbocycles. The molecule has 0 N–H and O–H groups in total. The van der Waals surface area contributed by atoms with Crippen molar-refractivity contribution in [3.63, 3.8) is 0 Å². The summed E-state index contributed by atoms with van der Waals surface area (Å²) in [6.45, 7) is 6.03. The second-order valence-corrected chi connectivity index (χ2v) is 5.67. The molecule has 2 aromatic rings. The Kier molecular flexibility index (Phi) is 3.74. The van der Waals surface area contributed by atoms with Crippen molar-refractivity contribution in [2.75, 3.05) is 13.7 Å². The molecule has 0 aliphatic carbocycles. The van der Waals surface area contributed by atoms with Crippen molar-refractivity contribution in [1.82, 2.24) is 24.2 Å². The molecule has 1 aliphatic heterocycles. The second kappa shape index (κ2) is 5.57. The van der Waals surface area contributed by atoms with Crippen LogP contribution < -0.4 is 0 Å². The van der Waals surface area contributed by atoms with Gasteiger partial charge in [-0.25, -0.2) is 4.98 Å². The Morgan fingerprint density at radius 2 is 2.14 bits per heavy atom. The molecular formula is C15H21N5O2. The van der Waals surface area contributed by atoms with Crippen LogP contribution in [0.5, 0.6) is 0 Å².